The van der Waals surface area contributed by atoms with Crippen molar-refractivity contribution in [3.8, 4) is 0 Å². The Hall–Kier alpha value is -3.42. The standard InChI is InChI=1S/C19H21N3O5/c23-18(21-13-17(19(24)25)14-5-2-1-3-6-14)7-4-12-20-15-8-10-16(11-9-15)22(26)27/h1-3,5-6,8-11,17,20H,4,7,12-13H2,(H,21,23)(H,24,25). The lowest BCUT2D eigenvalue weighted by Crippen LogP contribution is -2.31. The SMILES string of the molecule is O=C(CCCNc1ccc([N+](=O)[O-])cc1)NCC(C(=O)O)c1ccccc1. The van der Waals surface area contributed by atoms with Gasteiger partial charge in [-0.2, -0.15) is 0 Å². The maximum Gasteiger partial charge on any atom is 0.312 e. The molecule has 0 heterocycles. The number of benzene rings is 2. The smallest absolute Gasteiger partial charge is 0.312 e. The van der Waals surface area contributed by atoms with E-state index in [1.807, 2.05) is 0 Å². The van der Waals surface area contributed by atoms with E-state index in [1.165, 1.54) is 12.1 Å². The van der Waals surface area contributed by atoms with E-state index in [1.54, 1.807) is 42.5 Å². The maximum absolute atomic E-state index is 11.9. The highest BCUT2D eigenvalue weighted by molar-refractivity contribution is 5.79. The van der Waals surface area contributed by atoms with Crippen molar-refractivity contribution in [2.45, 2.75) is 18.8 Å². The van der Waals surface area contributed by atoms with Crippen molar-refractivity contribution in [3.05, 3.63) is 70.3 Å². The van der Waals surface area contributed by atoms with Crippen LogP contribution < -0.4 is 10.6 Å². The Bertz CT molecular complexity index is 778. The molecule has 0 fully saturated rings. The summed E-state index contributed by atoms with van der Waals surface area (Å²) < 4.78 is 0. The predicted molar refractivity (Wildman–Crippen MR) is 101 cm³/mol. The second kappa shape index (κ2) is 9.91. The van der Waals surface area contributed by atoms with E-state index >= 15 is 0 Å². The van der Waals surface area contributed by atoms with Crippen molar-refractivity contribution in [1.82, 2.24) is 5.32 Å². The van der Waals surface area contributed by atoms with Crippen molar-refractivity contribution in [1.29, 1.82) is 0 Å². The molecular weight excluding hydrogens is 350 g/mol. The maximum atomic E-state index is 11.9. The van der Waals surface area contributed by atoms with Gasteiger partial charge in [0.05, 0.1) is 10.8 Å². The Labute approximate surface area is 156 Å². The predicted octanol–water partition coefficient (Wildman–Crippen LogP) is 2.77. The van der Waals surface area contributed by atoms with Crippen LogP contribution in [0.15, 0.2) is 54.6 Å². The molecule has 8 nitrogen and oxygen atoms in total. The summed E-state index contributed by atoms with van der Waals surface area (Å²) in [4.78, 5) is 33.4. The highest BCUT2D eigenvalue weighted by Gasteiger charge is 2.20. The van der Waals surface area contributed by atoms with Crippen molar-refractivity contribution >= 4 is 23.3 Å². The van der Waals surface area contributed by atoms with E-state index in [2.05, 4.69) is 10.6 Å². The summed E-state index contributed by atoms with van der Waals surface area (Å²) in [6, 6.07) is 14.8. The molecule has 142 valence electrons. The molecule has 0 aliphatic heterocycles. The van der Waals surface area contributed by atoms with Crippen LogP contribution in [0.3, 0.4) is 0 Å². The van der Waals surface area contributed by atoms with Gasteiger partial charge in [-0.25, -0.2) is 0 Å². The fourth-order valence-electron chi connectivity index (χ4n) is 2.52. The molecule has 0 aromatic heterocycles. The molecule has 0 saturated carbocycles. The quantitative estimate of drug-likeness (QED) is 0.335. The lowest BCUT2D eigenvalue weighted by atomic mass is 9.99. The van der Waals surface area contributed by atoms with Crippen molar-refractivity contribution in [3.63, 3.8) is 0 Å². The van der Waals surface area contributed by atoms with Crippen LogP contribution in [0.25, 0.3) is 0 Å². The van der Waals surface area contributed by atoms with E-state index in [0.717, 1.165) is 5.69 Å². The van der Waals surface area contributed by atoms with Crippen LogP contribution in [0.1, 0.15) is 24.3 Å². The summed E-state index contributed by atoms with van der Waals surface area (Å²) in [5.74, 6) is -1.99. The minimum atomic E-state index is -0.985. The van der Waals surface area contributed by atoms with E-state index in [-0.39, 0.29) is 24.6 Å². The zero-order chi connectivity index (χ0) is 19.6. The highest BCUT2D eigenvalue weighted by Crippen LogP contribution is 2.16. The third-order valence-corrected chi connectivity index (χ3v) is 3.99. The zero-order valence-electron chi connectivity index (χ0n) is 14.6. The molecule has 2 aromatic rings. The number of nitro benzene ring substituents is 1. The van der Waals surface area contributed by atoms with Gasteiger partial charge in [-0.3, -0.25) is 19.7 Å². The number of non-ortho nitro benzene ring substituents is 1. The Morgan fingerprint density at radius 3 is 2.33 bits per heavy atom. The van der Waals surface area contributed by atoms with Gasteiger partial charge in [-0.15, -0.1) is 0 Å². The number of amides is 1. The molecule has 1 unspecified atom stereocenters. The van der Waals surface area contributed by atoms with Crippen molar-refractivity contribution < 1.29 is 19.6 Å². The molecule has 1 atom stereocenters. The van der Waals surface area contributed by atoms with Gasteiger partial charge >= 0.3 is 5.97 Å². The van der Waals surface area contributed by atoms with Crippen LogP contribution in [0, 0.1) is 10.1 Å². The molecule has 0 aliphatic carbocycles. The van der Waals surface area contributed by atoms with Gasteiger partial charge < -0.3 is 15.7 Å². The Kier molecular flexibility index (Phi) is 7.30. The second-order valence-electron chi connectivity index (χ2n) is 5.94. The first-order chi connectivity index (χ1) is 13.0. The monoisotopic (exact) mass is 371 g/mol. The first kappa shape index (κ1) is 19.9. The molecule has 0 radical (unpaired) electrons. The summed E-state index contributed by atoms with van der Waals surface area (Å²) in [6.07, 6.45) is 0.799. The van der Waals surface area contributed by atoms with Gasteiger partial charge in [-0.1, -0.05) is 30.3 Å². The number of rotatable bonds is 10. The number of nitro groups is 1. The number of nitrogens with zero attached hydrogens (tertiary/aromatic N) is 1. The van der Waals surface area contributed by atoms with Crippen molar-refractivity contribution in [2.24, 2.45) is 0 Å². The molecule has 2 rings (SSSR count). The molecule has 0 saturated heterocycles. The number of carbonyl (C=O) groups is 2. The molecule has 1 amide bonds. The van der Waals surface area contributed by atoms with Gasteiger partial charge in [0.25, 0.3) is 5.69 Å². The average Bonchev–Trinajstić information content (AvgIpc) is 2.66. The van der Waals surface area contributed by atoms with Gasteiger partial charge in [0.1, 0.15) is 0 Å². The fourth-order valence-corrected chi connectivity index (χ4v) is 2.52. The number of carboxylic acid groups (broad SMARTS) is 1. The van der Waals surface area contributed by atoms with Gasteiger partial charge in [0.15, 0.2) is 0 Å². The van der Waals surface area contributed by atoms with Gasteiger partial charge in [0.2, 0.25) is 5.91 Å². The van der Waals surface area contributed by atoms with Crippen molar-refractivity contribution in [2.75, 3.05) is 18.4 Å². The molecule has 0 aliphatic rings. The minimum absolute atomic E-state index is 0.0197. The normalized spacial score (nSPS) is 11.4. The Morgan fingerprint density at radius 2 is 1.74 bits per heavy atom. The van der Waals surface area contributed by atoms with E-state index < -0.39 is 16.8 Å². The number of hydrogen-bond acceptors (Lipinski definition) is 5. The topological polar surface area (TPSA) is 122 Å². The van der Waals surface area contributed by atoms with E-state index in [0.29, 0.717) is 18.5 Å². The molecule has 8 heteroatoms. The Morgan fingerprint density at radius 1 is 1.07 bits per heavy atom. The lowest BCUT2D eigenvalue weighted by molar-refractivity contribution is -0.384. The molecule has 0 bridgehead atoms. The number of hydrogen-bond donors (Lipinski definition) is 3. The average molecular weight is 371 g/mol. The van der Waals surface area contributed by atoms with Gasteiger partial charge in [0, 0.05) is 37.3 Å². The lowest BCUT2D eigenvalue weighted by Gasteiger charge is -2.14. The van der Waals surface area contributed by atoms with Gasteiger partial charge in [-0.05, 0) is 24.1 Å². The summed E-state index contributed by atoms with van der Waals surface area (Å²) in [7, 11) is 0. The third kappa shape index (κ3) is 6.43. The molecular formula is C19H21N3O5. The van der Waals surface area contributed by atoms with Crippen LogP contribution >= 0.6 is 0 Å². The first-order valence-corrected chi connectivity index (χ1v) is 8.50. The van der Waals surface area contributed by atoms with Crippen LogP contribution in [-0.4, -0.2) is 35.0 Å². The highest BCUT2D eigenvalue weighted by atomic mass is 16.6. The largest absolute Gasteiger partial charge is 0.481 e. The number of anilines is 1. The molecule has 3 N–H and O–H groups in total. The van der Waals surface area contributed by atoms with Crippen LogP contribution in [0.5, 0.6) is 0 Å². The number of nitrogens with one attached hydrogen (secondary N) is 2. The number of carbonyl (C=O) groups excluding carboxylic acids is 1. The first-order valence-electron chi connectivity index (χ1n) is 8.50. The number of carboxylic acids is 1. The summed E-state index contributed by atoms with van der Waals surface area (Å²) in [5.41, 5.74) is 1.40. The van der Waals surface area contributed by atoms with Crippen LogP contribution in [0.4, 0.5) is 11.4 Å². The second-order valence-corrected chi connectivity index (χ2v) is 5.94. The fraction of sp³-hybridized carbons (Fsp3) is 0.263. The summed E-state index contributed by atoms with van der Waals surface area (Å²) in [5, 5.41) is 25.7. The minimum Gasteiger partial charge on any atom is -0.481 e. The van der Waals surface area contributed by atoms with Crippen LogP contribution in [0.2, 0.25) is 0 Å². The zero-order valence-corrected chi connectivity index (χ0v) is 14.6. The Balaban J connectivity index is 1.71. The third-order valence-electron chi connectivity index (χ3n) is 3.99. The van der Waals surface area contributed by atoms with E-state index in [4.69, 9.17) is 0 Å². The molecule has 2 aromatic carbocycles. The molecule has 0 spiro atoms. The molecule has 27 heavy (non-hydrogen) atoms. The number of aliphatic carboxylic acids is 1. The van der Waals surface area contributed by atoms with E-state index in [9.17, 15) is 24.8 Å². The summed E-state index contributed by atoms with van der Waals surface area (Å²) >= 11 is 0. The summed E-state index contributed by atoms with van der Waals surface area (Å²) in [6.45, 7) is 0.556. The van der Waals surface area contributed by atoms with Crippen LogP contribution in [-0.2, 0) is 9.59 Å².